The van der Waals surface area contributed by atoms with Crippen LogP contribution in [0, 0.1) is 0 Å². The number of benzene rings is 1. The Kier molecular flexibility index (Phi) is 4.26. The number of carbonyl (C=O) groups is 1. The summed E-state index contributed by atoms with van der Waals surface area (Å²) in [5.74, 6) is 0.820. The van der Waals surface area contributed by atoms with Crippen molar-refractivity contribution in [1.29, 1.82) is 0 Å². The Bertz CT molecular complexity index is 636. The van der Waals surface area contributed by atoms with Gasteiger partial charge in [-0.1, -0.05) is 12.1 Å². The van der Waals surface area contributed by atoms with E-state index in [2.05, 4.69) is 27.1 Å². The van der Waals surface area contributed by atoms with Gasteiger partial charge in [0.05, 0.1) is 0 Å². The molecule has 0 saturated heterocycles. The van der Waals surface area contributed by atoms with E-state index in [0.717, 1.165) is 35.7 Å². The third-order valence-electron chi connectivity index (χ3n) is 3.54. The van der Waals surface area contributed by atoms with E-state index in [4.69, 9.17) is 0 Å². The smallest absolute Gasteiger partial charge is 0.276 e. The van der Waals surface area contributed by atoms with Crippen LogP contribution in [0.1, 0.15) is 27.3 Å². The molecule has 2 aromatic rings. The van der Waals surface area contributed by atoms with Gasteiger partial charge in [-0.25, -0.2) is 0 Å². The van der Waals surface area contributed by atoms with E-state index >= 15 is 0 Å². The summed E-state index contributed by atoms with van der Waals surface area (Å²) in [4.78, 5) is 12.3. The van der Waals surface area contributed by atoms with Crippen LogP contribution in [0.15, 0.2) is 24.3 Å². The van der Waals surface area contributed by atoms with E-state index in [1.165, 1.54) is 5.56 Å². The molecule has 5 nitrogen and oxygen atoms in total. The molecule has 0 bridgehead atoms. The fraction of sp³-hybridized carbons (Fsp3) is 0.333. The Morgan fingerprint density at radius 3 is 2.95 bits per heavy atom. The highest BCUT2D eigenvalue weighted by atomic mass is 32.2. The summed E-state index contributed by atoms with van der Waals surface area (Å²) in [6.45, 7) is 1.62. The Balaban J connectivity index is 1.72. The highest BCUT2D eigenvalue weighted by molar-refractivity contribution is 7.97. The van der Waals surface area contributed by atoms with Crippen LogP contribution in [-0.4, -0.2) is 28.9 Å². The summed E-state index contributed by atoms with van der Waals surface area (Å²) < 4.78 is 0. The average Bonchev–Trinajstić information content (AvgIpc) is 2.93. The summed E-state index contributed by atoms with van der Waals surface area (Å²) in [5.41, 5.74) is 4.59. The summed E-state index contributed by atoms with van der Waals surface area (Å²) in [5, 5.41) is 13.3. The van der Waals surface area contributed by atoms with Crippen molar-refractivity contribution in [3.63, 3.8) is 0 Å². The number of hydrogen-bond donors (Lipinski definition) is 3. The van der Waals surface area contributed by atoms with Crippen LogP contribution in [0.3, 0.4) is 0 Å². The SMILES string of the molecule is CSCc1ccc(NC(=O)c2n[nH]c3c2CNCC3)cc1. The maximum absolute atomic E-state index is 12.3. The fourth-order valence-corrected chi connectivity index (χ4v) is 2.98. The highest BCUT2D eigenvalue weighted by Crippen LogP contribution is 2.18. The van der Waals surface area contributed by atoms with Crippen molar-refractivity contribution in [3.8, 4) is 0 Å². The van der Waals surface area contributed by atoms with E-state index in [9.17, 15) is 4.79 Å². The molecule has 1 amide bonds. The number of H-pyrrole nitrogens is 1. The average molecular weight is 302 g/mol. The first kappa shape index (κ1) is 14.2. The van der Waals surface area contributed by atoms with E-state index in [1.54, 1.807) is 11.8 Å². The number of anilines is 1. The molecule has 0 unspecified atom stereocenters. The molecule has 0 spiro atoms. The maximum Gasteiger partial charge on any atom is 0.276 e. The molecule has 21 heavy (non-hydrogen) atoms. The van der Waals surface area contributed by atoms with Gasteiger partial charge in [-0.2, -0.15) is 16.9 Å². The molecule has 110 valence electrons. The predicted molar refractivity (Wildman–Crippen MR) is 85.6 cm³/mol. The molecule has 6 heteroatoms. The van der Waals surface area contributed by atoms with Gasteiger partial charge >= 0.3 is 0 Å². The largest absolute Gasteiger partial charge is 0.321 e. The zero-order chi connectivity index (χ0) is 14.7. The molecule has 1 aromatic carbocycles. The summed E-state index contributed by atoms with van der Waals surface area (Å²) >= 11 is 1.78. The minimum absolute atomic E-state index is 0.159. The molecule has 1 aliphatic rings. The Morgan fingerprint density at radius 1 is 1.38 bits per heavy atom. The lowest BCUT2D eigenvalue weighted by molar-refractivity contribution is 0.102. The van der Waals surface area contributed by atoms with Gasteiger partial charge < -0.3 is 10.6 Å². The third kappa shape index (κ3) is 3.11. The van der Waals surface area contributed by atoms with Crippen molar-refractivity contribution in [2.75, 3.05) is 18.1 Å². The number of thioether (sulfide) groups is 1. The molecule has 0 saturated carbocycles. The number of fused-ring (bicyclic) bond motifs is 1. The molecule has 3 N–H and O–H groups in total. The van der Waals surface area contributed by atoms with E-state index in [0.29, 0.717) is 12.2 Å². The Labute approximate surface area is 127 Å². The standard InChI is InChI=1S/C15H18N4OS/c1-21-9-10-2-4-11(5-3-10)17-15(20)14-12-8-16-7-6-13(12)18-19-14/h2-5,16H,6-9H2,1H3,(H,17,20)(H,18,19). The second kappa shape index (κ2) is 6.32. The molecular formula is C15H18N4OS. The van der Waals surface area contributed by atoms with E-state index in [-0.39, 0.29) is 5.91 Å². The van der Waals surface area contributed by atoms with Gasteiger partial charge in [0, 0.05) is 42.2 Å². The van der Waals surface area contributed by atoms with Crippen LogP contribution in [-0.2, 0) is 18.7 Å². The van der Waals surface area contributed by atoms with Gasteiger partial charge in [0.25, 0.3) is 5.91 Å². The number of amides is 1. The van der Waals surface area contributed by atoms with Crippen LogP contribution < -0.4 is 10.6 Å². The summed E-state index contributed by atoms with van der Waals surface area (Å²) in [6.07, 6.45) is 2.96. The van der Waals surface area contributed by atoms with Crippen molar-refractivity contribution >= 4 is 23.4 Å². The van der Waals surface area contributed by atoms with Gasteiger partial charge in [0.1, 0.15) is 0 Å². The molecule has 0 aliphatic carbocycles. The molecule has 0 fully saturated rings. The number of aromatic nitrogens is 2. The van der Waals surface area contributed by atoms with E-state index < -0.39 is 0 Å². The predicted octanol–water partition coefficient (Wildman–Crippen LogP) is 2.17. The number of nitrogens with zero attached hydrogens (tertiary/aromatic N) is 1. The minimum atomic E-state index is -0.159. The fourth-order valence-electron chi connectivity index (χ4n) is 2.45. The van der Waals surface area contributed by atoms with Crippen molar-refractivity contribution in [2.24, 2.45) is 0 Å². The number of carbonyl (C=O) groups excluding carboxylic acids is 1. The molecular weight excluding hydrogens is 284 g/mol. The van der Waals surface area contributed by atoms with E-state index in [1.807, 2.05) is 24.3 Å². The maximum atomic E-state index is 12.3. The van der Waals surface area contributed by atoms with Crippen LogP contribution >= 0.6 is 11.8 Å². The molecule has 0 atom stereocenters. The van der Waals surface area contributed by atoms with Gasteiger partial charge in [0.15, 0.2) is 5.69 Å². The lowest BCUT2D eigenvalue weighted by Gasteiger charge is -2.13. The van der Waals surface area contributed by atoms with Gasteiger partial charge in [0.2, 0.25) is 0 Å². The topological polar surface area (TPSA) is 69.8 Å². The second-order valence-electron chi connectivity index (χ2n) is 5.04. The van der Waals surface area contributed by atoms with Crippen molar-refractivity contribution in [3.05, 3.63) is 46.8 Å². The number of aromatic amines is 1. The molecule has 2 heterocycles. The molecule has 0 radical (unpaired) electrons. The quantitative estimate of drug-likeness (QED) is 0.809. The second-order valence-corrected chi connectivity index (χ2v) is 5.91. The molecule has 3 rings (SSSR count). The minimum Gasteiger partial charge on any atom is -0.321 e. The summed E-state index contributed by atoms with van der Waals surface area (Å²) in [6, 6.07) is 7.93. The lowest BCUT2D eigenvalue weighted by atomic mass is 10.1. The van der Waals surface area contributed by atoms with Crippen LogP contribution in [0.25, 0.3) is 0 Å². The van der Waals surface area contributed by atoms with Gasteiger partial charge in [-0.05, 0) is 24.0 Å². The zero-order valence-corrected chi connectivity index (χ0v) is 12.7. The number of rotatable bonds is 4. The van der Waals surface area contributed by atoms with Crippen LogP contribution in [0.2, 0.25) is 0 Å². The Morgan fingerprint density at radius 2 is 2.19 bits per heavy atom. The first-order valence-electron chi connectivity index (χ1n) is 6.94. The van der Waals surface area contributed by atoms with Gasteiger partial charge in [-0.15, -0.1) is 0 Å². The Hall–Kier alpha value is -1.79. The van der Waals surface area contributed by atoms with Crippen molar-refractivity contribution < 1.29 is 4.79 Å². The monoisotopic (exact) mass is 302 g/mol. The lowest BCUT2D eigenvalue weighted by Crippen LogP contribution is -2.25. The first-order chi connectivity index (χ1) is 10.3. The highest BCUT2D eigenvalue weighted by Gasteiger charge is 2.21. The summed E-state index contributed by atoms with van der Waals surface area (Å²) in [7, 11) is 0. The van der Waals surface area contributed by atoms with Gasteiger partial charge in [-0.3, -0.25) is 9.89 Å². The van der Waals surface area contributed by atoms with Crippen LogP contribution in [0.4, 0.5) is 5.69 Å². The molecule has 1 aliphatic heterocycles. The van der Waals surface area contributed by atoms with Crippen molar-refractivity contribution in [2.45, 2.75) is 18.7 Å². The number of hydrogen-bond acceptors (Lipinski definition) is 4. The first-order valence-corrected chi connectivity index (χ1v) is 8.33. The van der Waals surface area contributed by atoms with Crippen LogP contribution in [0.5, 0.6) is 0 Å². The molecule has 1 aromatic heterocycles. The normalized spacial score (nSPS) is 13.8. The third-order valence-corrected chi connectivity index (χ3v) is 4.17. The van der Waals surface area contributed by atoms with Crippen molar-refractivity contribution in [1.82, 2.24) is 15.5 Å². The number of nitrogens with one attached hydrogen (secondary N) is 3. The zero-order valence-electron chi connectivity index (χ0n) is 11.9.